The second-order valence-electron chi connectivity index (χ2n) is 6.79. The molecule has 0 radical (unpaired) electrons. The van der Waals surface area contributed by atoms with Gasteiger partial charge in [-0.2, -0.15) is 0 Å². The van der Waals surface area contributed by atoms with E-state index in [0.29, 0.717) is 0 Å². The maximum atomic E-state index is 12.4. The van der Waals surface area contributed by atoms with E-state index >= 15 is 0 Å². The molecule has 0 spiro atoms. The van der Waals surface area contributed by atoms with Gasteiger partial charge in [0.25, 0.3) is 0 Å². The molecule has 0 aromatic heterocycles. The highest BCUT2D eigenvalue weighted by Crippen LogP contribution is 2.44. The topological polar surface area (TPSA) is 84.9 Å². The van der Waals surface area contributed by atoms with Gasteiger partial charge in [-0.05, 0) is 28.3 Å². The Morgan fingerprint density at radius 1 is 1.03 bits per heavy atom. The molecule has 1 amide bonds. The molecule has 0 bridgehead atoms. The van der Waals surface area contributed by atoms with Crippen LogP contribution in [-0.2, 0) is 4.74 Å². The Morgan fingerprint density at radius 3 is 2.20 bits per heavy atom. The van der Waals surface area contributed by atoms with Crippen LogP contribution >= 0.6 is 11.6 Å². The first-order valence-corrected chi connectivity index (χ1v) is 9.60. The van der Waals surface area contributed by atoms with E-state index in [9.17, 15) is 14.7 Å². The number of halogens is 1. The summed E-state index contributed by atoms with van der Waals surface area (Å²) in [5, 5.41) is 11.7. The number of carboxylic acid groups (broad SMARTS) is 1. The van der Waals surface area contributed by atoms with Crippen molar-refractivity contribution >= 4 is 29.4 Å². The van der Waals surface area contributed by atoms with E-state index in [2.05, 4.69) is 17.4 Å². The smallest absolute Gasteiger partial charge is 0.411 e. The Balaban J connectivity index is 1.53. The molecular formula is C23H18ClNO5. The zero-order chi connectivity index (χ0) is 21.3. The molecule has 4 rings (SSSR count). The number of hydrogen-bond donors (Lipinski definition) is 2. The Hall–Kier alpha value is -3.51. The van der Waals surface area contributed by atoms with E-state index in [0.717, 1.165) is 22.3 Å². The fraction of sp³-hybridized carbons (Fsp3) is 0.130. The first-order valence-electron chi connectivity index (χ1n) is 9.22. The van der Waals surface area contributed by atoms with Crippen molar-refractivity contribution in [3.05, 3.63) is 82.4 Å². The molecule has 1 aliphatic carbocycles. The average molecular weight is 424 g/mol. The van der Waals surface area contributed by atoms with Crippen molar-refractivity contribution in [1.82, 2.24) is 0 Å². The molecule has 3 aromatic carbocycles. The van der Waals surface area contributed by atoms with Gasteiger partial charge in [-0.15, -0.1) is 0 Å². The molecular weight excluding hydrogens is 406 g/mol. The first-order chi connectivity index (χ1) is 14.5. The summed E-state index contributed by atoms with van der Waals surface area (Å²) in [5.41, 5.74) is 4.38. The van der Waals surface area contributed by atoms with Crippen LogP contribution in [0.5, 0.6) is 5.75 Å². The molecule has 30 heavy (non-hydrogen) atoms. The summed E-state index contributed by atoms with van der Waals surface area (Å²) in [6.45, 7) is 0.132. The molecule has 3 aromatic rings. The van der Waals surface area contributed by atoms with Crippen LogP contribution < -0.4 is 10.1 Å². The monoisotopic (exact) mass is 423 g/mol. The molecule has 0 heterocycles. The highest BCUT2D eigenvalue weighted by Gasteiger charge is 2.29. The van der Waals surface area contributed by atoms with Gasteiger partial charge in [0.15, 0.2) is 0 Å². The molecule has 7 heteroatoms. The number of methoxy groups -OCH3 is 1. The summed E-state index contributed by atoms with van der Waals surface area (Å²) >= 11 is 6.13. The van der Waals surface area contributed by atoms with E-state index in [1.165, 1.54) is 19.2 Å². The summed E-state index contributed by atoms with van der Waals surface area (Å²) in [6, 6.07) is 18.8. The van der Waals surface area contributed by atoms with Gasteiger partial charge < -0.3 is 14.6 Å². The third-order valence-electron chi connectivity index (χ3n) is 5.09. The molecule has 0 fully saturated rings. The summed E-state index contributed by atoms with van der Waals surface area (Å²) in [7, 11) is 1.39. The van der Waals surface area contributed by atoms with Gasteiger partial charge >= 0.3 is 12.1 Å². The van der Waals surface area contributed by atoms with Crippen molar-refractivity contribution in [2.45, 2.75) is 5.92 Å². The van der Waals surface area contributed by atoms with Gasteiger partial charge in [-0.1, -0.05) is 60.1 Å². The normalized spacial score (nSPS) is 12.1. The number of ether oxygens (including phenoxy) is 2. The second kappa shape index (κ2) is 8.08. The van der Waals surface area contributed by atoms with E-state index in [-0.39, 0.29) is 34.5 Å². The van der Waals surface area contributed by atoms with Crippen LogP contribution in [0.3, 0.4) is 0 Å². The quantitative estimate of drug-likeness (QED) is 0.573. The van der Waals surface area contributed by atoms with E-state index in [1.807, 2.05) is 36.4 Å². The minimum Gasteiger partial charge on any atom is -0.497 e. The number of nitrogens with one attached hydrogen (secondary N) is 1. The highest BCUT2D eigenvalue weighted by molar-refractivity contribution is 6.36. The maximum Gasteiger partial charge on any atom is 0.411 e. The number of benzene rings is 3. The van der Waals surface area contributed by atoms with Crippen LogP contribution in [0.1, 0.15) is 27.4 Å². The Bertz CT molecular complexity index is 1100. The number of carbonyl (C=O) groups excluding carboxylic acids is 1. The minimum absolute atomic E-state index is 0.0847. The fourth-order valence-corrected chi connectivity index (χ4v) is 3.94. The van der Waals surface area contributed by atoms with Gasteiger partial charge in [0.05, 0.1) is 23.4 Å². The van der Waals surface area contributed by atoms with Crippen molar-refractivity contribution in [2.24, 2.45) is 0 Å². The standard InChI is InChI=1S/C23H18ClNO5/c1-29-13-10-18(22(26)27)21(24)20(11-13)25-23(28)30-12-19-16-8-4-2-6-14(16)15-7-3-5-9-17(15)19/h2-11,19H,12H2,1H3,(H,25,28)(H,26,27). The van der Waals surface area contributed by atoms with E-state index < -0.39 is 12.1 Å². The largest absolute Gasteiger partial charge is 0.497 e. The molecule has 0 saturated heterocycles. The van der Waals surface area contributed by atoms with Gasteiger partial charge in [0, 0.05) is 12.0 Å². The van der Waals surface area contributed by atoms with Crippen LogP contribution in [0, 0.1) is 0 Å². The lowest BCUT2D eigenvalue weighted by molar-refractivity contribution is 0.0696. The van der Waals surface area contributed by atoms with Crippen LogP contribution in [0.4, 0.5) is 10.5 Å². The Morgan fingerprint density at radius 2 is 1.63 bits per heavy atom. The zero-order valence-electron chi connectivity index (χ0n) is 16.0. The minimum atomic E-state index is -1.23. The number of aromatic carboxylic acids is 1. The van der Waals surface area contributed by atoms with Gasteiger partial charge in [-0.25, -0.2) is 9.59 Å². The number of fused-ring (bicyclic) bond motifs is 3. The van der Waals surface area contributed by atoms with Gasteiger partial charge in [0.1, 0.15) is 12.4 Å². The number of hydrogen-bond acceptors (Lipinski definition) is 4. The number of amides is 1. The molecule has 2 N–H and O–H groups in total. The van der Waals surface area contributed by atoms with Crippen LogP contribution in [-0.4, -0.2) is 30.9 Å². The third kappa shape index (κ3) is 3.57. The Kier molecular flexibility index (Phi) is 5.33. The van der Waals surface area contributed by atoms with Crippen molar-refractivity contribution in [3.63, 3.8) is 0 Å². The lowest BCUT2D eigenvalue weighted by Gasteiger charge is -2.15. The molecule has 152 valence electrons. The number of carboxylic acids is 1. The summed E-state index contributed by atoms with van der Waals surface area (Å²) in [6.07, 6.45) is -0.733. The average Bonchev–Trinajstić information content (AvgIpc) is 3.07. The van der Waals surface area contributed by atoms with Crippen molar-refractivity contribution in [2.75, 3.05) is 19.0 Å². The highest BCUT2D eigenvalue weighted by atomic mass is 35.5. The second-order valence-corrected chi connectivity index (χ2v) is 7.17. The molecule has 6 nitrogen and oxygen atoms in total. The van der Waals surface area contributed by atoms with Crippen LogP contribution in [0.15, 0.2) is 60.7 Å². The molecule has 0 atom stereocenters. The van der Waals surface area contributed by atoms with Crippen LogP contribution in [0.25, 0.3) is 11.1 Å². The fourth-order valence-electron chi connectivity index (χ4n) is 3.71. The Labute approximate surface area is 178 Å². The van der Waals surface area contributed by atoms with E-state index in [4.69, 9.17) is 21.1 Å². The molecule has 0 saturated carbocycles. The molecule has 0 unspecified atom stereocenters. The van der Waals surface area contributed by atoms with Crippen molar-refractivity contribution < 1.29 is 24.2 Å². The predicted molar refractivity (Wildman–Crippen MR) is 114 cm³/mol. The first kappa shape index (κ1) is 19.8. The SMILES string of the molecule is COc1cc(NC(=O)OCC2c3ccccc3-c3ccccc32)c(Cl)c(C(=O)O)c1. The summed E-state index contributed by atoms with van der Waals surface area (Å²) < 4.78 is 10.6. The maximum absolute atomic E-state index is 12.4. The number of anilines is 1. The van der Waals surface area contributed by atoms with Crippen molar-refractivity contribution in [1.29, 1.82) is 0 Å². The predicted octanol–water partition coefficient (Wildman–Crippen LogP) is 5.41. The number of rotatable bonds is 5. The van der Waals surface area contributed by atoms with E-state index in [1.54, 1.807) is 0 Å². The number of carbonyl (C=O) groups is 2. The van der Waals surface area contributed by atoms with Gasteiger partial charge in [0.2, 0.25) is 0 Å². The summed E-state index contributed by atoms with van der Waals surface area (Å²) in [5.74, 6) is -1.06. The summed E-state index contributed by atoms with van der Waals surface area (Å²) in [4.78, 5) is 23.8. The third-order valence-corrected chi connectivity index (χ3v) is 5.50. The van der Waals surface area contributed by atoms with Crippen LogP contribution in [0.2, 0.25) is 5.02 Å². The molecule has 0 aliphatic heterocycles. The zero-order valence-corrected chi connectivity index (χ0v) is 16.8. The van der Waals surface area contributed by atoms with Gasteiger partial charge in [-0.3, -0.25) is 5.32 Å². The lowest BCUT2D eigenvalue weighted by Crippen LogP contribution is -2.18. The molecule has 1 aliphatic rings. The lowest BCUT2D eigenvalue weighted by atomic mass is 9.98. The van der Waals surface area contributed by atoms with Crippen molar-refractivity contribution in [3.8, 4) is 16.9 Å².